The fourth-order valence-electron chi connectivity index (χ4n) is 2.81. The van der Waals surface area contributed by atoms with E-state index in [2.05, 4.69) is 9.47 Å². The molecule has 0 amide bonds. The molecule has 1 N–H and O–H groups in total. The molecular formula is C19H15F6NO5. The van der Waals surface area contributed by atoms with Gasteiger partial charge in [0.05, 0.1) is 25.5 Å². The van der Waals surface area contributed by atoms with Crippen molar-refractivity contribution in [2.24, 2.45) is 0 Å². The molecule has 0 atom stereocenters. The van der Waals surface area contributed by atoms with Crippen molar-refractivity contribution in [2.75, 3.05) is 19.1 Å². The van der Waals surface area contributed by atoms with Gasteiger partial charge in [-0.25, -0.2) is 9.59 Å². The third-order valence-electron chi connectivity index (χ3n) is 4.26. The van der Waals surface area contributed by atoms with Crippen LogP contribution in [0.25, 0.3) is 0 Å². The molecule has 0 saturated heterocycles. The van der Waals surface area contributed by atoms with Crippen LogP contribution in [0, 0.1) is 0 Å². The fraction of sp³-hybridized carbons (Fsp3) is 0.263. The summed E-state index contributed by atoms with van der Waals surface area (Å²) in [6, 6.07) is 3.16. The zero-order valence-corrected chi connectivity index (χ0v) is 15.9. The lowest BCUT2D eigenvalue weighted by atomic mass is 9.90. The molecule has 0 bridgehead atoms. The Morgan fingerprint density at radius 3 is 1.97 bits per heavy atom. The lowest BCUT2D eigenvalue weighted by Crippen LogP contribution is -2.54. The zero-order valence-electron chi connectivity index (χ0n) is 15.9. The third kappa shape index (κ3) is 4.15. The van der Waals surface area contributed by atoms with Crippen LogP contribution in [-0.2, 0) is 24.7 Å². The van der Waals surface area contributed by atoms with Crippen molar-refractivity contribution in [1.29, 1.82) is 0 Å². The number of anilines is 1. The maximum Gasteiger partial charge on any atom is 0.430 e. The number of rotatable bonds is 4. The molecular weight excluding hydrogens is 436 g/mol. The summed E-state index contributed by atoms with van der Waals surface area (Å²) in [4.78, 5) is 25.1. The third-order valence-corrected chi connectivity index (χ3v) is 4.26. The largest absolute Gasteiger partial charge is 0.465 e. The fourth-order valence-corrected chi connectivity index (χ4v) is 2.81. The average molecular weight is 451 g/mol. The summed E-state index contributed by atoms with van der Waals surface area (Å²) in [6.07, 6.45) is -7.99. The molecule has 0 spiro atoms. The molecule has 12 heteroatoms. The second-order valence-electron chi connectivity index (χ2n) is 6.04. The van der Waals surface area contributed by atoms with Crippen LogP contribution in [0.5, 0.6) is 0 Å². The molecule has 31 heavy (non-hydrogen) atoms. The Hall–Kier alpha value is -3.28. The number of esters is 2. The highest BCUT2D eigenvalue weighted by atomic mass is 19.4. The molecule has 0 aromatic heterocycles. The van der Waals surface area contributed by atoms with Gasteiger partial charge in [-0.3, -0.25) is 0 Å². The van der Waals surface area contributed by atoms with Gasteiger partial charge in [-0.05, 0) is 18.2 Å². The van der Waals surface area contributed by atoms with E-state index >= 15 is 0 Å². The van der Waals surface area contributed by atoms with Crippen LogP contribution in [-0.4, -0.2) is 43.6 Å². The minimum absolute atomic E-state index is 0.412. The van der Waals surface area contributed by atoms with Crippen molar-refractivity contribution in [3.8, 4) is 0 Å². The first kappa shape index (κ1) is 24.0. The second kappa shape index (κ2) is 8.46. The first-order valence-corrected chi connectivity index (χ1v) is 8.31. The summed E-state index contributed by atoms with van der Waals surface area (Å²) >= 11 is 0. The number of ether oxygens (including phenoxy) is 2. The maximum absolute atomic E-state index is 13.5. The second-order valence-corrected chi connectivity index (χ2v) is 6.04. The van der Waals surface area contributed by atoms with Crippen LogP contribution in [0.3, 0.4) is 0 Å². The molecule has 1 aromatic carbocycles. The number of para-hydroxylation sites is 1. The molecule has 0 saturated carbocycles. The minimum atomic E-state index is -6.17. The van der Waals surface area contributed by atoms with E-state index in [-0.39, 0.29) is 0 Å². The van der Waals surface area contributed by atoms with Crippen LogP contribution in [0.4, 0.5) is 32.0 Å². The number of carbonyl (C=O) groups is 2. The molecule has 168 valence electrons. The summed E-state index contributed by atoms with van der Waals surface area (Å²) in [7, 11) is 1.86. The molecule has 0 aliphatic carbocycles. The summed E-state index contributed by atoms with van der Waals surface area (Å²) in [5.41, 5.74) is -9.00. The summed E-state index contributed by atoms with van der Waals surface area (Å²) < 4.78 is 90.1. The number of carbonyl (C=O) groups excluding carboxylic acids is 2. The Morgan fingerprint density at radius 1 is 0.903 bits per heavy atom. The summed E-state index contributed by atoms with van der Waals surface area (Å²) in [5, 5.41) is 9.90. The number of halogens is 6. The first-order valence-electron chi connectivity index (χ1n) is 8.31. The highest BCUT2D eigenvalue weighted by molar-refractivity contribution is 6.05. The molecule has 1 aliphatic rings. The first-order chi connectivity index (χ1) is 14.3. The lowest BCUT2D eigenvalue weighted by molar-refractivity contribution is -0.376. The number of benzene rings is 1. The van der Waals surface area contributed by atoms with Crippen molar-refractivity contribution in [3.05, 3.63) is 65.5 Å². The molecule has 0 fully saturated rings. The number of methoxy groups -OCH3 is 2. The quantitative estimate of drug-likeness (QED) is 0.558. The number of alkyl halides is 6. The van der Waals surface area contributed by atoms with Gasteiger partial charge in [-0.1, -0.05) is 24.3 Å². The summed E-state index contributed by atoms with van der Waals surface area (Å²) in [6.45, 7) is 0. The van der Waals surface area contributed by atoms with E-state index in [1.165, 1.54) is 6.08 Å². The van der Waals surface area contributed by atoms with Gasteiger partial charge in [0.2, 0.25) is 0 Å². The standard InChI is InChI=1S/C19H15F6NO5/c1-30-15(27)11-7-5-6-10-26(14(11)16(28)31-2)13-9-4-3-8-12(13)17(29,18(20,21)22)19(23,24)25/h3-10,29H,1-2H3. The number of nitrogens with zero attached hydrogens (tertiary/aromatic N) is 1. The zero-order chi connectivity index (χ0) is 23.6. The van der Waals surface area contributed by atoms with Crippen LogP contribution >= 0.6 is 0 Å². The topological polar surface area (TPSA) is 76.1 Å². The monoisotopic (exact) mass is 451 g/mol. The predicted octanol–water partition coefficient (Wildman–Crippen LogP) is 3.49. The SMILES string of the molecule is COC(=O)C1=C(C(=O)OC)N(c2ccccc2C(O)(C(F)(F)F)C(F)(F)F)C=CC=C1. The molecule has 2 rings (SSSR count). The Morgan fingerprint density at radius 2 is 1.45 bits per heavy atom. The van der Waals surface area contributed by atoms with E-state index in [9.17, 15) is 41.0 Å². The highest BCUT2D eigenvalue weighted by Gasteiger charge is 2.72. The van der Waals surface area contributed by atoms with Gasteiger partial charge in [-0.2, -0.15) is 26.3 Å². The predicted molar refractivity (Wildman–Crippen MR) is 94.3 cm³/mol. The van der Waals surface area contributed by atoms with Gasteiger partial charge in [0, 0.05) is 11.8 Å². The highest BCUT2D eigenvalue weighted by Crippen LogP contribution is 2.52. The molecule has 0 radical (unpaired) electrons. The minimum Gasteiger partial charge on any atom is -0.465 e. The normalized spacial score (nSPS) is 15.1. The van der Waals surface area contributed by atoms with Crippen LogP contribution < -0.4 is 4.90 Å². The number of aliphatic hydroxyl groups is 1. The van der Waals surface area contributed by atoms with Gasteiger partial charge in [-0.15, -0.1) is 0 Å². The van der Waals surface area contributed by atoms with Gasteiger partial charge in [0.1, 0.15) is 5.70 Å². The van der Waals surface area contributed by atoms with E-state index in [0.717, 1.165) is 50.8 Å². The van der Waals surface area contributed by atoms with Crippen molar-refractivity contribution in [2.45, 2.75) is 18.0 Å². The molecule has 1 heterocycles. The Balaban J connectivity index is 2.91. The molecule has 0 unspecified atom stereocenters. The average Bonchev–Trinajstić information content (AvgIpc) is 2.93. The van der Waals surface area contributed by atoms with Gasteiger partial charge in [0.25, 0.3) is 5.60 Å². The van der Waals surface area contributed by atoms with E-state index in [1.807, 2.05) is 0 Å². The van der Waals surface area contributed by atoms with Gasteiger partial charge in [0.15, 0.2) is 0 Å². The molecule has 1 aromatic rings. The summed E-state index contributed by atoms with van der Waals surface area (Å²) in [5.74, 6) is -2.36. The number of allylic oxidation sites excluding steroid dienone is 2. The van der Waals surface area contributed by atoms with Crippen molar-refractivity contribution in [1.82, 2.24) is 0 Å². The van der Waals surface area contributed by atoms with E-state index in [1.54, 1.807) is 0 Å². The Labute approximate surface area is 171 Å². The Bertz CT molecular complexity index is 947. The molecule has 6 nitrogen and oxygen atoms in total. The maximum atomic E-state index is 13.5. The van der Waals surface area contributed by atoms with Crippen molar-refractivity contribution < 1.29 is 50.5 Å². The molecule has 1 aliphatic heterocycles. The van der Waals surface area contributed by atoms with Gasteiger partial charge < -0.3 is 19.5 Å². The van der Waals surface area contributed by atoms with Crippen LogP contribution in [0.1, 0.15) is 5.56 Å². The smallest absolute Gasteiger partial charge is 0.430 e. The van der Waals surface area contributed by atoms with E-state index in [4.69, 9.17) is 0 Å². The number of hydrogen-bond donors (Lipinski definition) is 1. The van der Waals surface area contributed by atoms with Gasteiger partial charge >= 0.3 is 24.3 Å². The van der Waals surface area contributed by atoms with E-state index in [0.29, 0.717) is 11.0 Å². The number of hydrogen-bond acceptors (Lipinski definition) is 6. The van der Waals surface area contributed by atoms with Crippen LogP contribution in [0.2, 0.25) is 0 Å². The van der Waals surface area contributed by atoms with E-state index < -0.39 is 52.4 Å². The van der Waals surface area contributed by atoms with Crippen molar-refractivity contribution >= 4 is 17.6 Å². The lowest BCUT2D eigenvalue weighted by Gasteiger charge is -2.36. The van der Waals surface area contributed by atoms with Crippen LogP contribution in [0.15, 0.2) is 60.0 Å². The Kier molecular flexibility index (Phi) is 6.54. The van der Waals surface area contributed by atoms with Crippen molar-refractivity contribution in [3.63, 3.8) is 0 Å².